The van der Waals surface area contributed by atoms with Gasteiger partial charge in [0.1, 0.15) is 10.8 Å². The molecule has 130 valence electrons. The number of hydrogen-bond donors (Lipinski definition) is 0. The van der Waals surface area contributed by atoms with E-state index in [9.17, 15) is 17.6 Å². The van der Waals surface area contributed by atoms with Gasteiger partial charge in [0.05, 0.1) is 18.6 Å². The molecule has 0 unspecified atom stereocenters. The Hall–Kier alpha value is -1.84. The van der Waals surface area contributed by atoms with Crippen molar-refractivity contribution >= 4 is 27.3 Å². The van der Waals surface area contributed by atoms with Gasteiger partial charge in [-0.1, -0.05) is 6.92 Å². The largest absolute Gasteiger partial charge is 0.464 e. The Morgan fingerprint density at radius 2 is 2.00 bits per heavy atom. The number of methoxy groups -OCH3 is 1. The van der Waals surface area contributed by atoms with Crippen LogP contribution in [0.2, 0.25) is 0 Å². The number of esters is 1. The first-order chi connectivity index (χ1) is 11.4. The first kappa shape index (κ1) is 18.5. The number of carbonyl (C=O) groups excluding carboxylic acids is 1. The number of ether oxygens (including phenoxy) is 1. The molecule has 0 atom stereocenters. The van der Waals surface area contributed by atoms with Crippen LogP contribution in [0.3, 0.4) is 0 Å². The highest BCUT2D eigenvalue weighted by atomic mass is 32.2. The minimum atomic E-state index is -3.78. The van der Waals surface area contributed by atoms with Crippen LogP contribution in [0.4, 0.5) is 4.39 Å². The first-order valence-corrected chi connectivity index (χ1v) is 9.49. The van der Waals surface area contributed by atoms with Crippen molar-refractivity contribution in [3.05, 3.63) is 46.2 Å². The summed E-state index contributed by atoms with van der Waals surface area (Å²) in [5.74, 6) is -1.07. The fourth-order valence-electron chi connectivity index (χ4n) is 2.02. The van der Waals surface area contributed by atoms with Crippen LogP contribution in [0, 0.1) is 5.82 Å². The normalized spacial score (nSPS) is 11.7. The van der Waals surface area contributed by atoms with Crippen molar-refractivity contribution in [1.29, 1.82) is 0 Å². The lowest BCUT2D eigenvalue weighted by Crippen LogP contribution is -2.31. The number of hydrogen-bond acceptors (Lipinski definition) is 6. The van der Waals surface area contributed by atoms with Gasteiger partial charge < -0.3 is 4.74 Å². The van der Waals surface area contributed by atoms with E-state index < -0.39 is 21.8 Å². The predicted molar refractivity (Wildman–Crippen MR) is 87.7 cm³/mol. The minimum Gasteiger partial charge on any atom is -0.464 e. The second kappa shape index (κ2) is 7.82. The fraction of sp³-hybridized carbons (Fsp3) is 0.333. The van der Waals surface area contributed by atoms with Crippen molar-refractivity contribution in [1.82, 2.24) is 9.29 Å². The van der Waals surface area contributed by atoms with E-state index in [1.54, 1.807) is 0 Å². The summed E-state index contributed by atoms with van der Waals surface area (Å²) in [6, 6.07) is 4.68. The molecular formula is C15H17FN2O4S2. The Bertz CT molecular complexity index is 803. The quantitative estimate of drug-likeness (QED) is 0.699. The van der Waals surface area contributed by atoms with Crippen LogP contribution < -0.4 is 0 Å². The van der Waals surface area contributed by atoms with Crippen LogP contribution in [-0.4, -0.2) is 37.3 Å². The molecule has 24 heavy (non-hydrogen) atoms. The van der Waals surface area contributed by atoms with Gasteiger partial charge >= 0.3 is 5.97 Å². The number of aromatic nitrogens is 1. The van der Waals surface area contributed by atoms with Crippen molar-refractivity contribution in [2.75, 3.05) is 13.7 Å². The molecule has 0 saturated heterocycles. The van der Waals surface area contributed by atoms with Gasteiger partial charge in [-0.15, -0.1) is 11.3 Å². The molecule has 1 aromatic heterocycles. The molecule has 0 amide bonds. The van der Waals surface area contributed by atoms with Gasteiger partial charge in [0.2, 0.25) is 10.0 Å². The molecule has 0 radical (unpaired) electrons. The molecule has 2 aromatic rings. The Morgan fingerprint density at radius 3 is 2.58 bits per heavy atom. The molecule has 9 heteroatoms. The maximum atomic E-state index is 13.0. The van der Waals surface area contributed by atoms with Gasteiger partial charge in [0.15, 0.2) is 5.69 Å². The third-order valence-electron chi connectivity index (χ3n) is 3.18. The third-order valence-corrected chi connectivity index (χ3v) is 5.88. The molecule has 0 bridgehead atoms. The van der Waals surface area contributed by atoms with E-state index >= 15 is 0 Å². The van der Waals surface area contributed by atoms with Crippen LogP contribution in [0.25, 0.3) is 0 Å². The smallest absolute Gasteiger partial charge is 0.357 e. The third kappa shape index (κ3) is 4.16. The van der Waals surface area contributed by atoms with Crippen LogP contribution in [0.5, 0.6) is 0 Å². The summed E-state index contributed by atoms with van der Waals surface area (Å²) in [5, 5.41) is 2.00. The molecule has 0 aliphatic carbocycles. The molecule has 0 saturated carbocycles. The lowest BCUT2D eigenvalue weighted by Gasteiger charge is -2.20. The Labute approximate surface area is 143 Å². The first-order valence-electron chi connectivity index (χ1n) is 7.17. The summed E-state index contributed by atoms with van der Waals surface area (Å²) < 4.78 is 44.3. The zero-order valence-electron chi connectivity index (χ0n) is 13.2. The van der Waals surface area contributed by atoms with Gasteiger partial charge in [-0.05, 0) is 30.7 Å². The van der Waals surface area contributed by atoms with Gasteiger partial charge in [-0.2, -0.15) is 4.31 Å². The van der Waals surface area contributed by atoms with E-state index in [0.29, 0.717) is 11.4 Å². The molecule has 6 nitrogen and oxygen atoms in total. The highest BCUT2D eigenvalue weighted by Gasteiger charge is 2.25. The van der Waals surface area contributed by atoms with E-state index in [-0.39, 0.29) is 23.7 Å². The Morgan fingerprint density at radius 1 is 1.33 bits per heavy atom. The number of sulfonamides is 1. The maximum Gasteiger partial charge on any atom is 0.357 e. The van der Waals surface area contributed by atoms with E-state index in [2.05, 4.69) is 9.72 Å². The number of nitrogens with zero attached hydrogens (tertiary/aromatic N) is 2. The number of thiazole rings is 1. The van der Waals surface area contributed by atoms with Crippen LogP contribution in [0.1, 0.15) is 28.8 Å². The molecule has 2 rings (SSSR count). The average molecular weight is 372 g/mol. The standard InChI is InChI=1S/C15H17FN2O4S2/c1-3-8-18(9-14-17-13(10-23-14)15(19)22-2)24(20,21)12-6-4-11(16)5-7-12/h4-7,10H,3,8-9H2,1-2H3. The Balaban J connectivity index is 2.26. The monoisotopic (exact) mass is 372 g/mol. The molecule has 1 aromatic carbocycles. The number of rotatable bonds is 7. The average Bonchev–Trinajstić information content (AvgIpc) is 3.03. The zero-order chi connectivity index (χ0) is 17.7. The number of halogens is 1. The van der Waals surface area contributed by atoms with Gasteiger partial charge in [0.25, 0.3) is 0 Å². The summed E-state index contributed by atoms with van der Waals surface area (Å²) >= 11 is 1.18. The van der Waals surface area contributed by atoms with Gasteiger partial charge in [-0.25, -0.2) is 22.6 Å². The van der Waals surface area contributed by atoms with Crippen LogP contribution in [0.15, 0.2) is 34.5 Å². The second-order valence-electron chi connectivity index (χ2n) is 4.91. The van der Waals surface area contributed by atoms with Crippen molar-refractivity contribution in [3.63, 3.8) is 0 Å². The SMILES string of the molecule is CCCN(Cc1nc(C(=O)OC)cs1)S(=O)(=O)c1ccc(F)cc1. The highest BCUT2D eigenvalue weighted by molar-refractivity contribution is 7.89. The zero-order valence-corrected chi connectivity index (χ0v) is 14.9. The summed E-state index contributed by atoms with van der Waals surface area (Å²) in [4.78, 5) is 15.6. The Kier molecular flexibility index (Phi) is 6.03. The summed E-state index contributed by atoms with van der Waals surface area (Å²) in [6.07, 6.45) is 0.607. The van der Waals surface area contributed by atoms with E-state index in [0.717, 1.165) is 12.1 Å². The minimum absolute atomic E-state index is 0.0158. The van der Waals surface area contributed by atoms with Crippen molar-refractivity contribution in [3.8, 4) is 0 Å². The molecule has 0 spiro atoms. The van der Waals surface area contributed by atoms with Gasteiger partial charge in [0, 0.05) is 11.9 Å². The van der Waals surface area contributed by atoms with Crippen molar-refractivity contribution < 1.29 is 22.3 Å². The molecule has 0 N–H and O–H groups in total. The van der Waals surface area contributed by atoms with E-state index in [1.807, 2.05) is 6.92 Å². The van der Waals surface area contributed by atoms with Crippen molar-refractivity contribution in [2.24, 2.45) is 0 Å². The molecule has 0 aliphatic heterocycles. The lowest BCUT2D eigenvalue weighted by atomic mass is 10.4. The van der Waals surface area contributed by atoms with Crippen LogP contribution in [-0.2, 0) is 21.3 Å². The topological polar surface area (TPSA) is 76.6 Å². The molecular weight excluding hydrogens is 355 g/mol. The lowest BCUT2D eigenvalue weighted by molar-refractivity contribution is 0.0594. The van der Waals surface area contributed by atoms with E-state index in [4.69, 9.17) is 0 Å². The molecule has 0 fully saturated rings. The molecule has 0 aliphatic rings. The predicted octanol–water partition coefficient (Wildman–Crippen LogP) is 2.67. The maximum absolute atomic E-state index is 13.0. The summed E-state index contributed by atoms with van der Waals surface area (Å²) in [7, 11) is -2.52. The number of carbonyl (C=O) groups is 1. The van der Waals surface area contributed by atoms with Gasteiger partial charge in [-0.3, -0.25) is 0 Å². The highest BCUT2D eigenvalue weighted by Crippen LogP contribution is 2.21. The fourth-order valence-corrected chi connectivity index (χ4v) is 4.38. The second-order valence-corrected chi connectivity index (χ2v) is 7.79. The summed E-state index contributed by atoms with van der Waals surface area (Å²) in [6.45, 7) is 2.18. The van der Waals surface area contributed by atoms with E-state index in [1.165, 1.54) is 40.3 Å². The van der Waals surface area contributed by atoms with Crippen LogP contribution >= 0.6 is 11.3 Å². The summed E-state index contributed by atoms with van der Waals surface area (Å²) in [5.41, 5.74) is 0.146. The van der Waals surface area contributed by atoms with Crippen molar-refractivity contribution in [2.45, 2.75) is 24.8 Å². The molecule has 1 heterocycles. The number of benzene rings is 1.